The van der Waals surface area contributed by atoms with Gasteiger partial charge in [-0.3, -0.25) is 4.79 Å². The summed E-state index contributed by atoms with van der Waals surface area (Å²) in [4.78, 5) is 24.4. The quantitative estimate of drug-likeness (QED) is 0.201. The largest absolute Gasteiger partial charge is 0.465 e. The molecule has 4 rings (SSSR count). The average Bonchev–Trinajstić information content (AvgIpc) is 2.96. The zero-order chi connectivity index (χ0) is 29.4. The standard InChI is InChI=1S/C18H19FO2.C15H13FO3/c1-18(2,3)17(21)15-10-12(11-20)8-9-13(15)14-6-4-5-7-16(14)19;1-19-15(18)13-8-10(9-17)6-7-11(13)12-4-2-3-5-14(12)16/h4-10,20H,11H2,1-3H3;2-8,17H,9H2,1H3. The van der Waals surface area contributed by atoms with Crippen molar-refractivity contribution in [1.29, 1.82) is 0 Å². The van der Waals surface area contributed by atoms with E-state index >= 15 is 0 Å². The molecule has 0 saturated carbocycles. The third-order valence-corrected chi connectivity index (χ3v) is 6.19. The molecule has 0 aliphatic rings. The number of carbonyl (C=O) groups excluding carboxylic acids is 2. The van der Waals surface area contributed by atoms with Crippen molar-refractivity contribution in [3.05, 3.63) is 119 Å². The smallest absolute Gasteiger partial charge is 0.338 e. The lowest BCUT2D eigenvalue weighted by Gasteiger charge is -2.20. The number of rotatable bonds is 6. The van der Waals surface area contributed by atoms with E-state index in [4.69, 9.17) is 9.84 Å². The second kappa shape index (κ2) is 13.2. The van der Waals surface area contributed by atoms with Crippen LogP contribution in [0.2, 0.25) is 0 Å². The number of methoxy groups -OCH3 is 1. The Kier molecular flexibility index (Phi) is 10.0. The van der Waals surface area contributed by atoms with Gasteiger partial charge in [0.2, 0.25) is 0 Å². The topological polar surface area (TPSA) is 83.8 Å². The van der Waals surface area contributed by atoms with E-state index in [-0.39, 0.29) is 30.4 Å². The van der Waals surface area contributed by atoms with Crippen molar-refractivity contribution in [2.75, 3.05) is 7.11 Å². The fourth-order valence-corrected chi connectivity index (χ4v) is 4.08. The van der Waals surface area contributed by atoms with Crippen LogP contribution < -0.4 is 0 Å². The maximum absolute atomic E-state index is 14.0. The molecule has 0 spiro atoms. The Labute approximate surface area is 232 Å². The maximum Gasteiger partial charge on any atom is 0.338 e. The molecule has 0 saturated heterocycles. The van der Waals surface area contributed by atoms with Crippen LogP contribution in [-0.2, 0) is 18.0 Å². The molecular formula is C33H32F2O5. The van der Waals surface area contributed by atoms with Crippen LogP contribution in [0.4, 0.5) is 8.78 Å². The summed E-state index contributed by atoms with van der Waals surface area (Å²) in [6.07, 6.45) is 0. The van der Waals surface area contributed by atoms with Gasteiger partial charge in [-0.15, -0.1) is 0 Å². The highest BCUT2D eigenvalue weighted by Crippen LogP contribution is 2.32. The van der Waals surface area contributed by atoms with Crippen LogP contribution in [0.25, 0.3) is 22.3 Å². The number of esters is 1. The van der Waals surface area contributed by atoms with Gasteiger partial charge in [0.25, 0.3) is 0 Å². The first-order valence-corrected chi connectivity index (χ1v) is 12.6. The summed E-state index contributed by atoms with van der Waals surface area (Å²) >= 11 is 0. The summed E-state index contributed by atoms with van der Waals surface area (Å²) in [5, 5.41) is 18.4. The van der Waals surface area contributed by atoms with Gasteiger partial charge < -0.3 is 14.9 Å². The zero-order valence-corrected chi connectivity index (χ0v) is 22.9. The number of ether oxygens (including phenoxy) is 1. The van der Waals surface area contributed by atoms with Gasteiger partial charge in [-0.1, -0.05) is 81.4 Å². The highest BCUT2D eigenvalue weighted by atomic mass is 19.1. The predicted molar refractivity (Wildman–Crippen MR) is 151 cm³/mol. The van der Waals surface area contributed by atoms with E-state index in [2.05, 4.69) is 0 Å². The molecule has 0 heterocycles. The Bertz CT molecular complexity index is 1510. The summed E-state index contributed by atoms with van der Waals surface area (Å²) < 4.78 is 32.5. The summed E-state index contributed by atoms with van der Waals surface area (Å²) in [6.45, 7) is 5.13. The number of hydrogen-bond donors (Lipinski definition) is 2. The van der Waals surface area contributed by atoms with Gasteiger partial charge in [-0.05, 0) is 46.5 Å². The Hall–Kier alpha value is -4.20. The van der Waals surface area contributed by atoms with Crippen molar-refractivity contribution in [3.8, 4) is 22.3 Å². The summed E-state index contributed by atoms with van der Waals surface area (Å²) in [7, 11) is 1.26. The van der Waals surface area contributed by atoms with Crippen molar-refractivity contribution in [2.45, 2.75) is 34.0 Å². The first kappa shape index (κ1) is 30.3. The number of aliphatic hydroxyl groups excluding tert-OH is 2. The average molecular weight is 547 g/mol. The molecule has 7 heteroatoms. The molecule has 40 heavy (non-hydrogen) atoms. The third-order valence-electron chi connectivity index (χ3n) is 6.19. The first-order chi connectivity index (χ1) is 19.0. The molecule has 0 radical (unpaired) electrons. The Morgan fingerprint density at radius 2 is 1.10 bits per heavy atom. The van der Waals surface area contributed by atoms with Gasteiger partial charge in [0.15, 0.2) is 5.78 Å². The molecular weight excluding hydrogens is 514 g/mol. The predicted octanol–water partition coefficient (Wildman–Crippen LogP) is 6.99. The fraction of sp³-hybridized carbons (Fsp3) is 0.212. The van der Waals surface area contributed by atoms with E-state index in [1.807, 2.05) is 20.8 Å². The number of halogens is 2. The van der Waals surface area contributed by atoms with Gasteiger partial charge in [0, 0.05) is 22.1 Å². The van der Waals surface area contributed by atoms with Gasteiger partial charge in [0.1, 0.15) is 11.6 Å². The molecule has 4 aromatic rings. The molecule has 5 nitrogen and oxygen atoms in total. The number of Topliss-reactive ketones (excluding diaryl/α,β-unsaturated/α-hetero) is 1. The maximum atomic E-state index is 14.0. The van der Waals surface area contributed by atoms with Crippen LogP contribution in [0.5, 0.6) is 0 Å². The molecule has 0 amide bonds. The van der Waals surface area contributed by atoms with Crippen LogP contribution in [0, 0.1) is 17.0 Å². The Morgan fingerprint density at radius 3 is 1.50 bits per heavy atom. The zero-order valence-electron chi connectivity index (χ0n) is 22.9. The molecule has 0 atom stereocenters. The Morgan fingerprint density at radius 1 is 0.675 bits per heavy atom. The summed E-state index contributed by atoms with van der Waals surface area (Å²) in [5.41, 5.74) is 3.05. The number of hydrogen-bond acceptors (Lipinski definition) is 5. The number of ketones is 1. The van der Waals surface area contributed by atoms with E-state index in [0.29, 0.717) is 38.9 Å². The molecule has 0 aromatic heterocycles. The third kappa shape index (κ3) is 7.05. The van der Waals surface area contributed by atoms with E-state index in [1.54, 1.807) is 66.7 Å². The minimum atomic E-state index is -0.575. The van der Waals surface area contributed by atoms with E-state index in [1.165, 1.54) is 25.3 Å². The van der Waals surface area contributed by atoms with Crippen LogP contribution in [0.3, 0.4) is 0 Å². The van der Waals surface area contributed by atoms with Gasteiger partial charge in [-0.25, -0.2) is 13.6 Å². The molecule has 0 unspecified atom stereocenters. The molecule has 4 aromatic carbocycles. The minimum Gasteiger partial charge on any atom is -0.465 e. The van der Waals surface area contributed by atoms with Crippen molar-refractivity contribution in [3.63, 3.8) is 0 Å². The molecule has 0 bridgehead atoms. The number of carbonyl (C=O) groups is 2. The SMILES string of the molecule is CC(C)(C)C(=O)c1cc(CO)ccc1-c1ccccc1F.COC(=O)c1cc(CO)ccc1-c1ccccc1F. The second-order valence-electron chi connectivity index (χ2n) is 10.1. The normalized spacial score (nSPS) is 10.9. The highest BCUT2D eigenvalue weighted by molar-refractivity contribution is 6.05. The summed E-state index contributed by atoms with van der Waals surface area (Å²) in [5.74, 6) is -1.41. The van der Waals surface area contributed by atoms with Gasteiger partial charge in [-0.2, -0.15) is 0 Å². The lowest BCUT2D eigenvalue weighted by atomic mass is 9.82. The lowest BCUT2D eigenvalue weighted by Crippen LogP contribution is -2.21. The van der Waals surface area contributed by atoms with Crippen molar-refractivity contribution in [1.82, 2.24) is 0 Å². The molecule has 208 valence electrons. The first-order valence-electron chi connectivity index (χ1n) is 12.6. The van der Waals surface area contributed by atoms with E-state index in [9.17, 15) is 23.5 Å². The van der Waals surface area contributed by atoms with Crippen molar-refractivity contribution >= 4 is 11.8 Å². The van der Waals surface area contributed by atoms with Crippen molar-refractivity contribution < 1.29 is 33.3 Å². The fourth-order valence-electron chi connectivity index (χ4n) is 4.08. The molecule has 0 fully saturated rings. The monoisotopic (exact) mass is 546 g/mol. The molecule has 0 aliphatic heterocycles. The summed E-state index contributed by atoms with van der Waals surface area (Å²) in [6, 6.07) is 22.4. The van der Waals surface area contributed by atoms with E-state index in [0.717, 1.165) is 0 Å². The Balaban J connectivity index is 0.000000222. The van der Waals surface area contributed by atoms with Crippen LogP contribution in [0.1, 0.15) is 52.6 Å². The number of aliphatic hydroxyl groups is 2. The second-order valence-corrected chi connectivity index (χ2v) is 10.1. The van der Waals surface area contributed by atoms with E-state index < -0.39 is 17.2 Å². The lowest BCUT2D eigenvalue weighted by molar-refractivity contribution is 0.0601. The van der Waals surface area contributed by atoms with Gasteiger partial charge in [0.05, 0.1) is 25.9 Å². The van der Waals surface area contributed by atoms with Crippen LogP contribution in [0.15, 0.2) is 84.9 Å². The minimum absolute atomic E-state index is 0.0731. The van der Waals surface area contributed by atoms with Crippen LogP contribution in [-0.4, -0.2) is 29.1 Å². The molecule has 2 N–H and O–H groups in total. The number of benzene rings is 4. The molecule has 0 aliphatic carbocycles. The highest BCUT2D eigenvalue weighted by Gasteiger charge is 2.26. The van der Waals surface area contributed by atoms with Crippen LogP contribution >= 0.6 is 0 Å². The van der Waals surface area contributed by atoms with Crippen molar-refractivity contribution in [2.24, 2.45) is 5.41 Å². The van der Waals surface area contributed by atoms with Gasteiger partial charge >= 0.3 is 5.97 Å².